The number of nitrogens with one attached hydrogen (secondary N) is 1. The molecule has 0 saturated carbocycles. The average Bonchev–Trinajstić information content (AvgIpc) is 2.19. The number of benzene rings is 1. The minimum absolute atomic E-state index is 0.203. The molecule has 0 radical (unpaired) electrons. The normalized spacial score (nSPS) is 12.9. The van der Waals surface area contributed by atoms with E-state index < -0.39 is 0 Å². The van der Waals surface area contributed by atoms with E-state index in [4.69, 9.17) is 0 Å². The molecule has 0 bridgehead atoms. The van der Waals surface area contributed by atoms with Crippen LogP contribution in [0, 0.1) is 5.92 Å². The Morgan fingerprint density at radius 2 is 1.86 bits per heavy atom. The molecule has 0 saturated heterocycles. The predicted octanol–water partition coefficient (Wildman–Crippen LogP) is 2.51. The van der Waals surface area contributed by atoms with Gasteiger partial charge in [0.2, 0.25) is 0 Å². The molecule has 14 heavy (non-hydrogen) atoms. The van der Waals surface area contributed by atoms with Crippen LogP contribution in [0.2, 0.25) is 0 Å². The SMILES string of the molecule is CC(C)[C@H](O)CCNc1ccccc1. The van der Waals surface area contributed by atoms with Gasteiger partial charge in [0.05, 0.1) is 6.10 Å². The van der Waals surface area contributed by atoms with Gasteiger partial charge in [0.25, 0.3) is 0 Å². The molecule has 0 aliphatic carbocycles. The molecule has 0 heterocycles. The Kier molecular flexibility index (Phi) is 4.47. The van der Waals surface area contributed by atoms with Crippen molar-refractivity contribution < 1.29 is 5.11 Å². The van der Waals surface area contributed by atoms with Gasteiger partial charge in [-0.15, -0.1) is 0 Å². The van der Waals surface area contributed by atoms with Gasteiger partial charge in [-0.1, -0.05) is 32.0 Å². The summed E-state index contributed by atoms with van der Waals surface area (Å²) in [6.07, 6.45) is 0.596. The zero-order valence-electron chi connectivity index (χ0n) is 8.90. The van der Waals surface area contributed by atoms with Gasteiger partial charge >= 0.3 is 0 Å². The summed E-state index contributed by atoms with van der Waals surface area (Å²) >= 11 is 0. The lowest BCUT2D eigenvalue weighted by Gasteiger charge is -2.14. The van der Waals surface area contributed by atoms with Gasteiger partial charge in [-0.25, -0.2) is 0 Å². The highest BCUT2D eigenvalue weighted by molar-refractivity contribution is 5.42. The molecule has 2 nitrogen and oxygen atoms in total. The highest BCUT2D eigenvalue weighted by atomic mass is 16.3. The van der Waals surface area contributed by atoms with Crippen LogP contribution in [-0.2, 0) is 0 Å². The second kappa shape index (κ2) is 5.66. The van der Waals surface area contributed by atoms with Crippen molar-refractivity contribution in [2.24, 2.45) is 5.92 Å². The van der Waals surface area contributed by atoms with Crippen LogP contribution in [0.1, 0.15) is 20.3 Å². The van der Waals surface area contributed by atoms with Crippen LogP contribution in [0.5, 0.6) is 0 Å². The van der Waals surface area contributed by atoms with Crippen molar-refractivity contribution in [3.63, 3.8) is 0 Å². The number of anilines is 1. The largest absolute Gasteiger partial charge is 0.393 e. The maximum absolute atomic E-state index is 9.56. The highest BCUT2D eigenvalue weighted by Crippen LogP contribution is 2.08. The first-order valence-electron chi connectivity index (χ1n) is 5.17. The van der Waals surface area contributed by atoms with Crippen molar-refractivity contribution in [1.82, 2.24) is 0 Å². The van der Waals surface area contributed by atoms with Gasteiger partial charge in [-0.05, 0) is 24.5 Å². The fraction of sp³-hybridized carbons (Fsp3) is 0.500. The molecule has 2 N–H and O–H groups in total. The zero-order chi connectivity index (χ0) is 10.4. The Bertz CT molecular complexity index is 246. The molecule has 1 atom stereocenters. The first kappa shape index (κ1) is 11.1. The van der Waals surface area contributed by atoms with Crippen molar-refractivity contribution in [1.29, 1.82) is 0 Å². The zero-order valence-corrected chi connectivity index (χ0v) is 8.90. The summed E-state index contributed by atoms with van der Waals surface area (Å²) in [4.78, 5) is 0. The third kappa shape index (κ3) is 3.79. The maximum Gasteiger partial charge on any atom is 0.0579 e. The molecule has 1 rings (SSSR count). The predicted molar refractivity (Wildman–Crippen MR) is 60.4 cm³/mol. The van der Waals surface area contributed by atoms with E-state index in [1.165, 1.54) is 0 Å². The van der Waals surface area contributed by atoms with Crippen LogP contribution in [0.3, 0.4) is 0 Å². The van der Waals surface area contributed by atoms with Crippen LogP contribution in [0.4, 0.5) is 5.69 Å². The van der Waals surface area contributed by atoms with Gasteiger partial charge in [0.15, 0.2) is 0 Å². The van der Waals surface area contributed by atoms with Crippen molar-refractivity contribution in [3.8, 4) is 0 Å². The maximum atomic E-state index is 9.56. The van der Waals surface area contributed by atoms with Crippen LogP contribution < -0.4 is 5.32 Å². The Balaban J connectivity index is 2.22. The number of para-hydroxylation sites is 1. The van der Waals surface area contributed by atoms with E-state index in [-0.39, 0.29) is 6.10 Å². The van der Waals surface area contributed by atoms with Gasteiger partial charge in [0, 0.05) is 12.2 Å². The molecule has 0 spiro atoms. The molecule has 0 aromatic heterocycles. The molecule has 1 aromatic rings. The van der Waals surface area contributed by atoms with Gasteiger partial charge in [0.1, 0.15) is 0 Å². The summed E-state index contributed by atoms with van der Waals surface area (Å²) in [6.45, 7) is 4.89. The first-order valence-corrected chi connectivity index (χ1v) is 5.17. The number of rotatable bonds is 5. The molecule has 0 fully saturated rings. The molecule has 0 amide bonds. The first-order chi connectivity index (χ1) is 6.70. The summed E-state index contributed by atoms with van der Waals surface area (Å²) in [5.41, 5.74) is 1.11. The Morgan fingerprint density at radius 3 is 2.43 bits per heavy atom. The standard InChI is InChI=1S/C12H19NO/c1-10(2)12(14)8-9-13-11-6-4-3-5-7-11/h3-7,10,12-14H,8-9H2,1-2H3/t12-/m1/s1. The van der Waals surface area contributed by atoms with E-state index in [2.05, 4.69) is 5.32 Å². The fourth-order valence-electron chi connectivity index (χ4n) is 1.25. The summed E-state index contributed by atoms with van der Waals surface area (Å²) in [7, 11) is 0. The van der Waals surface area contributed by atoms with E-state index in [1.54, 1.807) is 0 Å². The molecular weight excluding hydrogens is 174 g/mol. The van der Waals surface area contributed by atoms with Gasteiger partial charge < -0.3 is 10.4 Å². The van der Waals surface area contributed by atoms with E-state index in [9.17, 15) is 5.11 Å². The summed E-state index contributed by atoms with van der Waals surface area (Å²) < 4.78 is 0. The minimum atomic E-state index is -0.203. The fourth-order valence-corrected chi connectivity index (χ4v) is 1.25. The lowest BCUT2D eigenvalue weighted by atomic mass is 10.0. The minimum Gasteiger partial charge on any atom is -0.393 e. The van der Waals surface area contributed by atoms with Crippen molar-refractivity contribution in [2.45, 2.75) is 26.4 Å². The van der Waals surface area contributed by atoms with Crippen molar-refractivity contribution in [2.75, 3.05) is 11.9 Å². The van der Waals surface area contributed by atoms with Crippen LogP contribution in [0.15, 0.2) is 30.3 Å². The number of aliphatic hydroxyl groups excluding tert-OH is 1. The third-order valence-corrected chi connectivity index (χ3v) is 2.31. The molecule has 78 valence electrons. The number of hydrogen-bond donors (Lipinski definition) is 2. The highest BCUT2D eigenvalue weighted by Gasteiger charge is 2.07. The van der Waals surface area contributed by atoms with Crippen LogP contribution in [0.25, 0.3) is 0 Å². The smallest absolute Gasteiger partial charge is 0.0579 e. The molecule has 0 aliphatic heterocycles. The van der Waals surface area contributed by atoms with E-state index >= 15 is 0 Å². The monoisotopic (exact) mass is 193 g/mol. The summed E-state index contributed by atoms with van der Waals surface area (Å²) in [5, 5.41) is 12.8. The Hall–Kier alpha value is -1.02. The van der Waals surface area contributed by atoms with E-state index in [0.29, 0.717) is 5.92 Å². The van der Waals surface area contributed by atoms with E-state index in [1.807, 2.05) is 44.2 Å². The third-order valence-electron chi connectivity index (χ3n) is 2.31. The molecule has 0 aliphatic rings. The van der Waals surface area contributed by atoms with E-state index in [0.717, 1.165) is 18.7 Å². The summed E-state index contributed by atoms with van der Waals surface area (Å²) in [6, 6.07) is 10.1. The topological polar surface area (TPSA) is 32.3 Å². The number of hydrogen-bond acceptors (Lipinski definition) is 2. The van der Waals surface area contributed by atoms with Crippen molar-refractivity contribution >= 4 is 5.69 Å². The molecular formula is C12H19NO. The summed E-state index contributed by atoms with van der Waals surface area (Å²) in [5.74, 6) is 0.340. The second-order valence-electron chi connectivity index (χ2n) is 3.89. The lowest BCUT2D eigenvalue weighted by Crippen LogP contribution is -2.18. The van der Waals surface area contributed by atoms with Gasteiger partial charge in [-0.3, -0.25) is 0 Å². The van der Waals surface area contributed by atoms with Crippen LogP contribution in [-0.4, -0.2) is 17.8 Å². The van der Waals surface area contributed by atoms with Crippen LogP contribution >= 0.6 is 0 Å². The average molecular weight is 193 g/mol. The quantitative estimate of drug-likeness (QED) is 0.753. The Morgan fingerprint density at radius 1 is 1.21 bits per heavy atom. The lowest BCUT2D eigenvalue weighted by molar-refractivity contribution is 0.120. The number of aliphatic hydroxyl groups is 1. The molecule has 1 aromatic carbocycles. The van der Waals surface area contributed by atoms with Gasteiger partial charge in [-0.2, -0.15) is 0 Å². The van der Waals surface area contributed by atoms with Crippen molar-refractivity contribution in [3.05, 3.63) is 30.3 Å². The molecule has 0 unspecified atom stereocenters. The second-order valence-corrected chi connectivity index (χ2v) is 3.89. The molecule has 2 heteroatoms. The Labute approximate surface area is 86.0 Å².